The van der Waals surface area contributed by atoms with Crippen LogP contribution in [0.3, 0.4) is 0 Å². The molecular weight excluding hydrogens is 298 g/mol. The molecule has 1 aromatic heterocycles. The van der Waals surface area contributed by atoms with Crippen LogP contribution < -0.4 is 10.6 Å². The summed E-state index contributed by atoms with van der Waals surface area (Å²) in [6, 6.07) is 0.349. The van der Waals surface area contributed by atoms with Crippen molar-refractivity contribution in [2.24, 2.45) is 0 Å². The molecule has 22 heavy (non-hydrogen) atoms. The van der Waals surface area contributed by atoms with Gasteiger partial charge in [-0.25, -0.2) is 0 Å². The average molecular weight is 323 g/mol. The minimum absolute atomic E-state index is 0.0835. The quantitative estimate of drug-likeness (QED) is 0.563. The lowest BCUT2D eigenvalue weighted by atomic mass is 10.2. The lowest BCUT2D eigenvalue weighted by Crippen LogP contribution is -2.37. The van der Waals surface area contributed by atoms with Gasteiger partial charge in [-0.3, -0.25) is 4.79 Å². The first-order chi connectivity index (χ1) is 10.7. The van der Waals surface area contributed by atoms with Gasteiger partial charge in [-0.2, -0.15) is 0 Å². The predicted octanol–water partition coefficient (Wildman–Crippen LogP) is 1.72. The summed E-state index contributed by atoms with van der Waals surface area (Å²) in [4.78, 5) is 12.3. The van der Waals surface area contributed by atoms with E-state index in [2.05, 4.69) is 27.4 Å². The second kappa shape index (κ2) is 8.33. The summed E-state index contributed by atoms with van der Waals surface area (Å²) in [6.45, 7) is 6.98. The number of allylic oxidation sites excluding steroid dienone is 1. The minimum atomic E-state index is -0.184. The van der Waals surface area contributed by atoms with Crippen molar-refractivity contribution in [1.29, 1.82) is 0 Å². The summed E-state index contributed by atoms with van der Waals surface area (Å²) in [5.41, 5.74) is 0. The summed E-state index contributed by atoms with van der Waals surface area (Å²) >= 11 is 1.45. The molecule has 1 aliphatic carbocycles. The largest absolute Gasteiger partial charge is 0.352 e. The van der Waals surface area contributed by atoms with Crippen molar-refractivity contribution >= 4 is 17.7 Å². The molecule has 1 atom stereocenters. The number of rotatable bonds is 8. The van der Waals surface area contributed by atoms with E-state index in [0.717, 1.165) is 23.8 Å². The Balaban J connectivity index is 1.98. The summed E-state index contributed by atoms with van der Waals surface area (Å²) in [6.07, 6.45) is 6.45. The van der Waals surface area contributed by atoms with Crippen molar-refractivity contribution in [3.63, 3.8) is 0 Å². The Kier molecular flexibility index (Phi) is 6.45. The van der Waals surface area contributed by atoms with E-state index in [0.29, 0.717) is 19.1 Å². The van der Waals surface area contributed by atoms with Gasteiger partial charge in [0, 0.05) is 12.6 Å². The molecule has 1 aliphatic rings. The molecule has 7 heteroatoms. The third-order valence-electron chi connectivity index (χ3n) is 3.79. The Labute approximate surface area is 136 Å². The molecule has 0 aromatic carbocycles. The van der Waals surface area contributed by atoms with Gasteiger partial charge in [-0.1, -0.05) is 30.7 Å². The van der Waals surface area contributed by atoms with Crippen LogP contribution in [0.15, 0.2) is 17.8 Å². The molecule has 0 saturated heterocycles. The van der Waals surface area contributed by atoms with Gasteiger partial charge < -0.3 is 15.2 Å². The Hall–Kier alpha value is -1.34. The van der Waals surface area contributed by atoms with Crippen LogP contribution in [0.1, 0.15) is 38.4 Å². The fourth-order valence-corrected chi connectivity index (χ4v) is 3.49. The van der Waals surface area contributed by atoms with E-state index in [1.54, 1.807) is 0 Å². The summed E-state index contributed by atoms with van der Waals surface area (Å²) < 4.78 is 1.99. The maximum atomic E-state index is 12.3. The Bertz CT molecular complexity index is 510. The second-order valence-electron chi connectivity index (χ2n) is 5.58. The van der Waals surface area contributed by atoms with Crippen LogP contribution in [-0.4, -0.2) is 39.0 Å². The number of carbonyl (C=O) groups is 1. The lowest BCUT2D eigenvalue weighted by molar-refractivity contribution is -0.120. The average Bonchev–Trinajstić information content (AvgIpc) is 3.12. The van der Waals surface area contributed by atoms with Crippen LogP contribution in [0, 0.1) is 0 Å². The molecule has 1 saturated carbocycles. The molecular formula is C15H25N5OS. The highest BCUT2D eigenvalue weighted by Crippen LogP contribution is 2.24. The van der Waals surface area contributed by atoms with Crippen molar-refractivity contribution in [3.8, 4) is 0 Å². The Morgan fingerprint density at radius 2 is 2.23 bits per heavy atom. The molecule has 6 nitrogen and oxygen atoms in total. The molecule has 0 radical (unpaired) electrons. The van der Waals surface area contributed by atoms with Crippen LogP contribution in [0.2, 0.25) is 0 Å². The SMILES string of the molecule is C=CCn1c(CNC)nnc1S[C@H](C)C(=O)NC1CCCC1. The van der Waals surface area contributed by atoms with Gasteiger partial charge in [0.05, 0.1) is 11.8 Å². The van der Waals surface area contributed by atoms with Crippen molar-refractivity contribution in [1.82, 2.24) is 25.4 Å². The highest BCUT2D eigenvalue weighted by Gasteiger charge is 2.23. The van der Waals surface area contributed by atoms with Gasteiger partial charge in [0.25, 0.3) is 0 Å². The Morgan fingerprint density at radius 3 is 2.86 bits per heavy atom. The molecule has 1 heterocycles. The number of nitrogens with zero attached hydrogens (tertiary/aromatic N) is 3. The predicted molar refractivity (Wildman–Crippen MR) is 88.7 cm³/mol. The molecule has 0 spiro atoms. The number of hydrogen-bond donors (Lipinski definition) is 2. The van der Waals surface area contributed by atoms with Crippen molar-refractivity contribution in [2.45, 2.75) is 62.1 Å². The maximum absolute atomic E-state index is 12.3. The van der Waals surface area contributed by atoms with Crippen LogP contribution in [0.25, 0.3) is 0 Å². The first kappa shape index (κ1) is 17.0. The number of carbonyl (C=O) groups excluding carboxylic acids is 1. The highest BCUT2D eigenvalue weighted by atomic mass is 32.2. The fraction of sp³-hybridized carbons (Fsp3) is 0.667. The summed E-state index contributed by atoms with van der Waals surface area (Å²) in [5.74, 6) is 0.938. The van der Waals surface area contributed by atoms with Crippen molar-refractivity contribution in [2.75, 3.05) is 7.05 Å². The van der Waals surface area contributed by atoms with Gasteiger partial charge >= 0.3 is 0 Å². The van der Waals surface area contributed by atoms with Gasteiger partial charge in [0.1, 0.15) is 5.82 Å². The zero-order valence-corrected chi connectivity index (χ0v) is 14.2. The summed E-state index contributed by atoms with van der Waals surface area (Å²) in [7, 11) is 1.87. The Morgan fingerprint density at radius 1 is 1.50 bits per heavy atom. The molecule has 1 amide bonds. The van der Waals surface area contributed by atoms with E-state index in [9.17, 15) is 4.79 Å². The molecule has 2 N–H and O–H groups in total. The second-order valence-corrected chi connectivity index (χ2v) is 6.89. The van der Waals surface area contributed by atoms with E-state index in [1.807, 2.05) is 24.6 Å². The van der Waals surface area contributed by atoms with E-state index < -0.39 is 0 Å². The van der Waals surface area contributed by atoms with E-state index >= 15 is 0 Å². The van der Waals surface area contributed by atoms with E-state index in [4.69, 9.17) is 0 Å². The van der Waals surface area contributed by atoms with Crippen LogP contribution >= 0.6 is 11.8 Å². The molecule has 1 aromatic rings. The molecule has 122 valence electrons. The first-order valence-corrected chi connectivity index (χ1v) is 8.68. The van der Waals surface area contributed by atoms with Crippen LogP contribution in [0.5, 0.6) is 0 Å². The number of thioether (sulfide) groups is 1. The van der Waals surface area contributed by atoms with Crippen LogP contribution in [-0.2, 0) is 17.9 Å². The van der Waals surface area contributed by atoms with E-state index in [-0.39, 0.29) is 11.2 Å². The molecule has 0 aliphatic heterocycles. The topological polar surface area (TPSA) is 71.8 Å². The van der Waals surface area contributed by atoms with Gasteiger partial charge in [0.2, 0.25) is 5.91 Å². The molecule has 1 fully saturated rings. The number of amides is 1. The van der Waals surface area contributed by atoms with Crippen LogP contribution in [0.4, 0.5) is 0 Å². The fourth-order valence-electron chi connectivity index (χ4n) is 2.61. The molecule has 2 rings (SSSR count). The third-order valence-corrected chi connectivity index (χ3v) is 4.87. The number of hydrogen-bond acceptors (Lipinski definition) is 5. The van der Waals surface area contributed by atoms with Crippen molar-refractivity contribution in [3.05, 3.63) is 18.5 Å². The zero-order chi connectivity index (χ0) is 15.9. The third kappa shape index (κ3) is 4.33. The molecule has 0 unspecified atom stereocenters. The molecule has 0 bridgehead atoms. The zero-order valence-electron chi connectivity index (χ0n) is 13.3. The smallest absolute Gasteiger partial charge is 0.233 e. The maximum Gasteiger partial charge on any atom is 0.233 e. The monoisotopic (exact) mass is 323 g/mol. The van der Waals surface area contributed by atoms with E-state index in [1.165, 1.54) is 24.6 Å². The number of nitrogens with one attached hydrogen (secondary N) is 2. The summed E-state index contributed by atoms with van der Waals surface area (Å²) in [5, 5.41) is 15.2. The first-order valence-electron chi connectivity index (χ1n) is 7.80. The highest BCUT2D eigenvalue weighted by molar-refractivity contribution is 8.00. The number of aromatic nitrogens is 3. The van der Waals surface area contributed by atoms with Gasteiger partial charge in [-0.05, 0) is 26.8 Å². The van der Waals surface area contributed by atoms with Gasteiger partial charge in [-0.15, -0.1) is 16.8 Å². The minimum Gasteiger partial charge on any atom is -0.352 e. The lowest BCUT2D eigenvalue weighted by Gasteiger charge is -2.16. The standard InChI is InChI=1S/C15H25N5OS/c1-4-9-20-13(10-16-3)18-19-15(20)22-11(2)14(21)17-12-7-5-6-8-12/h4,11-12,16H,1,5-10H2,2-3H3,(H,17,21)/t11-/m1/s1. The van der Waals surface area contributed by atoms with Crippen molar-refractivity contribution < 1.29 is 4.79 Å². The van der Waals surface area contributed by atoms with Gasteiger partial charge in [0.15, 0.2) is 5.16 Å². The normalized spacial score (nSPS) is 16.6.